The van der Waals surface area contributed by atoms with Crippen molar-refractivity contribution < 1.29 is 14.6 Å². The van der Waals surface area contributed by atoms with Crippen LogP contribution in [-0.4, -0.2) is 27.7 Å². The number of hydrogen-bond donors (Lipinski definition) is 2. The molecule has 0 amide bonds. The number of H-pyrrole nitrogens is 1. The summed E-state index contributed by atoms with van der Waals surface area (Å²) in [6, 6.07) is 15.5. The van der Waals surface area contributed by atoms with Crippen molar-refractivity contribution in [3.05, 3.63) is 70.3 Å². The maximum absolute atomic E-state index is 12.2. The average Bonchev–Trinajstić information content (AvgIpc) is 2.65. The number of hydrogen-bond acceptors (Lipinski definition) is 5. The lowest BCUT2D eigenvalue weighted by Crippen LogP contribution is -2.11. The lowest BCUT2D eigenvalue weighted by atomic mass is 10.1. The van der Waals surface area contributed by atoms with Gasteiger partial charge in [0.2, 0.25) is 0 Å². The molecule has 0 saturated carbocycles. The van der Waals surface area contributed by atoms with E-state index in [4.69, 9.17) is 9.84 Å². The van der Waals surface area contributed by atoms with Crippen molar-refractivity contribution in [1.82, 2.24) is 9.97 Å². The molecule has 7 nitrogen and oxygen atoms in total. The highest BCUT2D eigenvalue weighted by atomic mass is 16.5. The molecule has 7 heteroatoms. The molecule has 0 aliphatic rings. The number of nitriles is 1. The van der Waals surface area contributed by atoms with Gasteiger partial charge in [0.25, 0.3) is 5.56 Å². The number of fused-ring (bicyclic) bond motifs is 1. The van der Waals surface area contributed by atoms with E-state index in [2.05, 4.69) is 9.97 Å². The number of ether oxygens (including phenoxy) is 1. The summed E-state index contributed by atoms with van der Waals surface area (Å²) in [5.41, 5.74) is 0.755. The zero-order valence-corrected chi connectivity index (χ0v) is 13.5. The number of para-hydroxylation sites is 2. The van der Waals surface area contributed by atoms with E-state index < -0.39 is 12.6 Å². The Balaban J connectivity index is 2.06. The molecule has 0 radical (unpaired) electrons. The van der Waals surface area contributed by atoms with Gasteiger partial charge in [-0.1, -0.05) is 30.3 Å². The molecule has 0 atom stereocenters. The Morgan fingerprint density at radius 1 is 1.23 bits per heavy atom. The van der Waals surface area contributed by atoms with E-state index in [9.17, 15) is 14.9 Å². The van der Waals surface area contributed by atoms with Crippen LogP contribution in [0.3, 0.4) is 0 Å². The molecule has 3 aromatic rings. The summed E-state index contributed by atoms with van der Waals surface area (Å²) in [7, 11) is 0. The minimum Gasteiger partial charge on any atom is -0.481 e. The lowest BCUT2D eigenvalue weighted by molar-refractivity contribution is -0.139. The van der Waals surface area contributed by atoms with Crippen molar-refractivity contribution in [2.75, 3.05) is 6.61 Å². The summed E-state index contributed by atoms with van der Waals surface area (Å²) >= 11 is 0. The van der Waals surface area contributed by atoms with Gasteiger partial charge in [-0.2, -0.15) is 5.26 Å². The predicted molar refractivity (Wildman–Crippen MR) is 95.4 cm³/mol. The Hall–Kier alpha value is -3.92. The van der Waals surface area contributed by atoms with Gasteiger partial charge < -0.3 is 14.8 Å². The lowest BCUT2D eigenvalue weighted by Gasteiger charge is -2.07. The monoisotopic (exact) mass is 347 g/mol. The molecule has 128 valence electrons. The Labute approximate surface area is 147 Å². The zero-order valence-electron chi connectivity index (χ0n) is 13.5. The number of carboxylic acid groups (broad SMARTS) is 1. The number of rotatable bonds is 5. The molecule has 0 unspecified atom stereocenters. The number of carbonyl (C=O) groups is 1. The normalized spacial score (nSPS) is 11.1. The molecular weight excluding hydrogens is 334 g/mol. The van der Waals surface area contributed by atoms with Gasteiger partial charge in [0.05, 0.1) is 16.5 Å². The Bertz CT molecular complexity index is 1110. The Kier molecular flexibility index (Phi) is 4.76. The molecule has 0 bridgehead atoms. The summed E-state index contributed by atoms with van der Waals surface area (Å²) in [5, 5.41) is 18.7. The van der Waals surface area contributed by atoms with Crippen LogP contribution in [0, 0.1) is 11.3 Å². The quantitative estimate of drug-likeness (QED) is 0.685. The third-order valence-electron chi connectivity index (χ3n) is 3.56. The van der Waals surface area contributed by atoms with Crippen LogP contribution in [-0.2, 0) is 4.79 Å². The number of aliphatic carboxylic acids is 1. The van der Waals surface area contributed by atoms with E-state index in [1.54, 1.807) is 48.5 Å². The molecule has 0 fully saturated rings. The number of nitrogens with one attached hydrogen (secondary N) is 1. The van der Waals surface area contributed by atoms with Crippen molar-refractivity contribution in [2.45, 2.75) is 0 Å². The first-order valence-corrected chi connectivity index (χ1v) is 7.63. The molecule has 3 rings (SSSR count). The standard InChI is InChI=1S/C19H13N3O4/c20-10-13(9-12-5-1-4-8-16(12)26-11-17(23)24)18-21-15-7-3-2-6-14(15)19(25)22-18/h1-9H,11H2,(H,23,24)(H,21,22,25)/b13-9-. The van der Waals surface area contributed by atoms with Crippen LogP contribution in [0.4, 0.5) is 0 Å². The van der Waals surface area contributed by atoms with Crippen molar-refractivity contribution in [3.8, 4) is 11.8 Å². The first kappa shape index (κ1) is 16.9. The van der Waals surface area contributed by atoms with Gasteiger partial charge in [-0.25, -0.2) is 9.78 Å². The van der Waals surface area contributed by atoms with Gasteiger partial charge in [0, 0.05) is 5.56 Å². The third kappa shape index (κ3) is 3.60. The molecule has 1 heterocycles. The molecule has 0 aliphatic carbocycles. The maximum atomic E-state index is 12.2. The fourth-order valence-electron chi connectivity index (χ4n) is 2.39. The second-order valence-electron chi connectivity index (χ2n) is 5.32. The highest BCUT2D eigenvalue weighted by Gasteiger charge is 2.10. The van der Waals surface area contributed by atoms with E-state index in [0.717, 1.165) is 0 Å². The molecule has 1 aromatic heterocycles. The molecule has 2 N–H and O–H groups in total. The van der Waals surface area contributed by atoms with Gasteiger partial charge in [0.15, 0.2) is 12.4 Å². The summed E-state index contributed by atoms with van der Waals surface area (Å²) in [6.45, 7) is -0.502. The van der Waals surface area contributed by atoms with Crippen LogP contribution in [0.15, 0.2) is 53.3 Å². The molecule has 26 heavy (non-hydrogen) atoms. The van der Waals surface area contributed by atoms with Gasteiger partial charge >= 0.3 is 5.97 Å². The van der Waals surface area contributed by atoms with Crippen LogP contribution in [0.2, 0.25) is 0 Å². The van der Waals surface area contributed by atoms with E-state index in [1.807, 2.05) is 6.07 Å². The highest BCUT2D eigenvalue weighted by molar-refractivity contribution is 5.90. The zero-order chi connectivity index (χ0) is 18.5. The number of benzene rings is 2. The SMILES string of the molecule is N#C/C(=C/c1ccccc1OCC(=O)O)c1nc2ccccc2c(=O)[nH]1. The second kappa shape index (κ2) is 7.32. The minimum absolute atomic E-state index is 0.124. The third-order valence-corrected chi connectivity index (χ3v) is 3.56. The van der Waals surface area contributed by atoms with E-state index >= 15 is 0 Å². The largest absolute Gasteiger partial charge is 0.481 e. The summed E-state index contributed by atoms with van der Waals surface area (Å²) in [5.74, 6) is -0.667. The molecule has 2 aromatic carbocycles. The van der Waals surface area contributed by atoms with E-state index in [1.165, 1.54) is 6.08 Å². The first-order chi connectivity index (χ1) is 12.6. The summed E-state index contributed by atoms with van der Waals surface area (Å²) in [4.78, 5) is 29.8. The van der Waals surface area contributed by atoms with Crippen LogP contribution < -0.4 is 10.3 Å². The van der Waals surface area contributed by atoms with Gasteiger partial charge in [-0.05, 0) is 24.3 Å². The van der Waals surface area contributed by atoms with Gasteiger partial charge in [-0.15, -0.1) is 0 Å². The fraction of sp³-hybridized carbons (Fsp3) is 0.0526. The summed E-state index contributed by atoms with van der Waals surface area (Å²) < 4.78 is 5.23. The fourth-order valence-corrected chi connectivity index (χ4v) is 2.39. The van der Waals surface area contributed by atoms with Crippen molar-refractivity contribution >= 4 is 28.5 Å². The molecular formula is C19H13N3O4. The number of aromatic nitrogens is 2. The van der Waals surface area contributed by atoms with Crippen LogP contribution in [0.5, 0.6) is 5.75 Å². The Morgan fingerprint density at radius 2 is 1.96 bits per heavy atom. The highest BCUT2D eigenvalue weighted by Crippen LogP contribution is 2.23. The minimum atomic E-state index is -1.11. The van der Waals surface area contributed by atoms with Crippen LogP contribution >= 0.6 is 0 Å². The number of nitrogens with zero attached hydrogens (tertiary/aromatic N) is 2. The van der Waals surface area contributed by atoms with Crippen molar-refractivity contribution in [3.63, 3.8) is 0 Å². The topological polar surface area (TPSA) is 116 Å². The van der Waals surface area contributed by atoms with E-state index in [0.29, 0.717) is 22.2 Å². The van der Waals surface area contributed by atoms with Crippen LogP contribution in [0.25, 0.3) is 22.6 Å². The van der Waals surface area contributed by atoms with Gasteiger partial charge in [-0.3, -0.25) is 4.79 Å². The molecule has 0 spiro atoms. The van der Waals surface area contributed by atoms with Crippen molar-refractivity contribution in [2.24, 2.45) is 0 Å². The van der Waals surface area contributed by atoms with Gasteiger partial charge in [0.1, 0.15) is 11.8 Å². The predicted octanol–water partition coefficient (Wildman–Crippen LogP) is 2.45. The van der Waals surface area contributed by atoms with Crippen molar-refractivity contribution in [1.29, 1.82) is 5.26 Å². The maximum Gasteiger partial charge on any atom is 0.341 e. The second-order valence-corrected chi connectivity index (χ2v) is 5.32. The number of aromatic amines is 1. The van der Waals surface area contributed by atoms with E-state index in [-0.39, 0.29) is 17.0 Å². The molecule has 0 saturated heterocycles. The number of carboxylic acids is 1. The smallest absolute Gasteiger partial charge is 0.341 e. The first-order valence-electron chi connectivity index (χ1n) is 7.63. The summed E-state index contributed by atoms with van der Waals surface area (Å²) in [6.07, 6.45) is 1.49. The molecule has 0 aliphatic heterocycles. The Morgan fingerprint density at radius 3 is 2.73 bits per heavy atom. The number of allylic oxidation sites excluding steroid dienone is 1. The average molecular weight is 347 g/mol. The van der Waals surface area contributed by atoms with Crippen LogP contribution in [0.1, 0.15) is 11.4 Å².